The van der Waals surface area contributed by atoms with Gasteiger partial charge < -0.3 is 4.74 Å². The van der Waals surface area contributed by atoms with Crippen LogP contribution in [0.5, 0.6) is 0 Å². The first-order chi connectivity index (χ1) is 8.93. The third-order valence-corrected chi connectivity index (χ3v) is 4.71. The highest BCUT2D eigenvalue weighted by atomic mass is 35.5. The van der Waals surface area contributed by atoms with E-state index in [9.17, 15) is 13.2 Å². The molecule has 1 aromatic heterocycles. The number of sulfonamides is 1. The highest BCUT2D eigenvalue weighted by Gasteiger charge is 2.27. The van der Waals surface area contributed by atoms with Crippen LogP contribution in [0.2, 0.25) is 5.02 Å². The molecule has 19 heavy (non-hydrogen) atoms. The SMILES string of the molecule is CCOC(=O)CN(CC)S(=O)(=O)c1cnccc1Cl. The number of rotatable bonds is 6. The van der Waals surface area contributed by atoms with Gasteiger partial charge in [0, 0.05) is 18.9 Å². The standard InChI is InChI=1S/C11H15ClN2O4S/c1-3-14(8-11(15)18-4-2)19(16,17)10-7-13-6-5-9(10)12/h5-7H,3-4,8H2,1-2H3. The van der Waals surface area contributed by atoms with Gasteiger partial charge in [-0.25, -0.2) is 8.42 Å². The largest absolute Gasteiger partial charge is 0.465 e. The molecule has 1 heterocycles. The highest BCUT2D eigenvalue weighted by molar-refractivity contribution is 7.89. The van der Waals surface area contributed by atoms with Gasteiger partial charge in [-0.1, -0.05) is 18.5 Å². The van der Waals surface area contributed by atoms with Crippen molar-refractivity contribution < 1.29 is 17.9 Å². The Hall–Kier alpha value is -1.18. The minimum Gasteiger partial charge on any atom is -0.465 e. The molecule has 0 aliphatic rings. The molecule has 0 amide bonds. The number of aromatic nitrogens is 1. The van der Waals surface area contributed by atoms with Gasteiger partial charge >= 0.3 is 5.97 Å². The maximum absolute atomic E-state index is 12.3. The molecule has 8 heteroatoms. The lowest BCUT2D eigenvalue weighted by Crippen LogP contribution is -2.36. The Morgan fingerprint density at radius 2 is 2.16 bits per heavy atom. The van der Waals surface area contributed by atoms with Gasteiger partial charge in [0.25, 0.3) is 0 Å². The molecule has 0 spiro atoms. The number of nitrogens with zero attached hydrogens (tertiary/aromatic N) is 2. The molecule has 1 rings (SSSR count). The Morgan fingerprint density at radius 1 is 1.47 bits per heavy atom. The summed E-state index contributed by atoms with van der Waals surface area (Å²) in [5.74, 6) is -0.604. The molecule has 0 unspecified atom stereocenters. The molecule has 6 nitrogen and oxygen atoms in total. The van der Waals surface area contributed by atoms with Crippen LogP contribution in [0.4, 0.5) is 0 Å². The molecule has 0 saturated heterocycles. The number of likely N-dealkylation sites (N-methyl/N-ethyl adjacent to an activating group) is 1. The van der Waals surface area contributed by atoms with Gasteiger partial charge in [-0.3, -0.25) is 9.78 Å². The molecular formula is C11H15ClN2O4S. The Labute approximate surface area is 117 Å². The number of ether oxygens (including phenoxy) is 1. The molecule has 0 bridgehead atoms. The van der Waals surface area contributed by atoms with Crippen LogP contribution in [-0.4, -0.2) is 43.4 Å². The molecule has 106 valence electrons. The normalized spacial score (nSPS) is 11.6. The highest BCUT2D eigenvalue weighted by Crippen LogP contribution is 2.22. The first kappa shape index (κ1) is 15.9. The lowest BCUT2D eigenvalue weighted by atomic mass is 10.5. The molecule has 0 aromatic carbocycles. The quantitative estimate of drug-likeness (QED) is 0.741. The number of hydrogen-bond acceptors (Lipinski definition) is 5. The van der Waals surface area contributed by atoms with Crippen molar-refractivity contribution in [2.75, 3.05) is 19.7 Å². The van der Waals surface area contributed by atoms with Crippen LogP contribution in [0.15, 0.2) is 23.4 Å². The predicted molar refractivity (Wildman–Crippen MR) is 70.3 cm³/mol. The molecular weight excluding hydrogens is 292 g/mol. The van der Waals surface area contributed by atoms with E-state index in [4.69, 9.17) is 16.3 Å². The Bertz CT molecular complexity index is 547. The van der Waals surface area contributed by atoms with Gasteiger partial charge in [-0.15, -0.1) is 0 Å². The number of hydrogen-bond donors (Lipinski definition) is 0. The van der Waals surface area contributed by atoms with Gasteiger partial charge in [0.1, 0.15) is 11.4 Å². The third kappa shape index (κ3) is 3.89. The van der Waals surface area contributed by atoms with Crippen LogP contribution in [0.3, 0.4) is 0 Å². The maximum Gasteiger partial charge on any atom is 0.321 e. The second-order valence-electron chi connectivity index (χ2n) is 3.54. The first-order valence-corrected chi connectivity index (χ1v) is 7.50. The summed E-state index contributed by atoms with van der Waals surface area (Å²) in [4.78, 5) is 15.0. The molecule has 0 aliphatic heterocycles. The molecule has 1 aromatic rings. The number of halogens is 1. The van der Waals surface area contributed by atoms with Gasteiger partial charge in [-0.2, -0.15) is 4.31 Å². The Morgan fingerprint density at radius 3 is 2.68 bits per heavy atom. The summed E-state index contributed by atoms with van der Waals surface area (Å²) in [5, 5.41) is 0.0670. The topological polar surface area (TPSA) is 76.6 Å². The molecule has 0 N–H and O–H groups in total. The van der Waals surface area contributed by atoms with E-state index in [0.29, 0.717) is 0 Å². The summed E-state index contributed by atoms with van der Waals surface area (Å²) in [6, 6.07) is 1.38. The lowest BCUT2D eigenvalue weighted by Gasteiger charge is -2.19. The third-order valence-electron chi connectivity index (χ3n) is 2.32. The fourth-order valence-electron chi connectivity index (χ4n) is 1.41. The zero-order valence-electron chi connectivity index (χ0n) is 10.7. The van der Waals surface area contributed by atoms with Gasteiger partial charge in [0.15, 0.2) is 0 Å². The van der Waals surface area contributed by atoms with Crippen molar-refractivity contribution in [3.63, 3.8) is 0 Å². The van der Waals surface area contributed by atoms with E-state index in [2.05, 4.69) is 4.98 Å². The van der Waals surface area contributed by atoms with E-state index in [-0.39, 0.29) is 29.6 Å². The van der Waals surface area contributed by atoms with Crippen molar-refractivity contribution in [3.8, 4) is 0 Å². The summed E-state index contributed by atoms with van der Waals surface area (Å²) < 4.78 is 30.4. The molecule has 0 fully saturated rings. The van der Waals surface area contributed by atoms with E-state index in [1.54, 1.807) is 13.8 Å². The maximum atomic E-state index is 12.3. The molecule has 0 radical (unpaired) electrons. The number of carbonyl (C=O) groups excluding carboxylic acids is 1. The second-order valence-corrected chi connectivity index (χ2v) is 5.86. The van der Waals surface area contributed by atoms with Gasteiger partial charge in [0.05, 0.1) is 11.6 Å². The minimum absolute atomic E-state index is 0.0670. The fraction of sp³-hybridized carbons (Fsp3) is 0.455. The predicted octanol–water partition coefficient (Wildman–Crippen LogP) is 1.31. The van der Waals surface area contributed by atoms with E-state index >= 15 is 0 Å². The van der Waals surface area contributed by atoms with Crippen molar-refractivity contribution in [2.24, 2.45) is 0 Å². The van der Waals surface area contributed by atoms with Crippen LogP contribution in [0, 0.1) is 0 Å². The molecule has 0 saturated carbocycles. The van der Waals surface area contributed by atoms with E-state index < -0.39 is 16.0 Å². The fourth-order valence-corrected chi connectivity index (χ4v) is 3.21. The van der Waals surface area contributed by atoms with Crippen LogP contribution < -0.4 is 0 Å². The average molecular weight is 307 g/mol. The smallest absolute Gasteiger partial charge is 0.321 e. The van der Waals surface area contributed by atoms with Crippen molar-refractivity contribution >= 4 is 27.6 Å². The van der Waals surface area contributed by atoms with Crippen molar-refractivity contribution in [2.45, 2.75) is 18.7 Å². The minimum atomic E-state index is -3.86. The van der Waals surface area contributed by atoms with Crippen molar-refractivity contribution in [3.05, 3.63) is 23.5 Å². The van der Waals surface area contributed by atoms with Crippen molar-refractivity contribution in [1.29, 1.82) is 0 Å². The van der Waals surface area contributed by atoms with E-state index in [0.717, 1.165) is 10.5 Å². The van der Waals surface area contributed by atoms with Crippen molar-refractivity contribution in [1.82, 2.24) is 9.29 Å². The Kier molecular flexibility index (Phi) is 5.71. The zero-order valence-corrected chi connectivity index (χ0v) is 12.2. The van der Waals surface area contributed by atoms with Crippen LogP contribution >= 0.6 is 11.6 Å². The summed E-state index contributed by atoms with van der Waals surface area (Å²) in [6.45, 7) is 3.26. The van der Waals surface area contributed by atoms with E-state index in [1.165, 1.54) is 12.3 Å². The number of pyridine rings is 1. The Balaban J connectivity index is 3.03. The van der Waals surface area contributed by atoms with Crippen LogP contribution in [0.25, 0.3) is 0 Å². The lowest BCUT2D eigenvalue weighted by molar-refractivity contribution is -0.143. The monoisotopic (exact) mass is 306 g/mol. The van der Waals surface area contributed by atoms with Gasteiger partial charge in [0.2, 0.25) is 10.0 Å². The molecule has 0 aliphatic carbocycles. The second kappa shape index (κ2) is 6.83. The number of carbonyl (C=O) groups is 1. The average Bonchev–Trinajstić information content (AvgIpc) is 2.36. The summed E-state index contributed by atoms with van der Waals surface area (Å²) in [5.41, 5.74) is 0. The van der Waals surface area contributed by atoms with Crippen LogP contribution in [-0.2, 0) is 19.6 Å². The summed E-state index contributed by atoms with van der Waals surface area (Å²) >= 11 is 5.85. The number of esters is 1. The molecule has 0 atom stereocenters. The summed E-state index contributed by atoms with van der Waals surface area (Å²) in [7, 11) is -3.86. The van der Waals surface area contributed by atoms with E-state index in [1.807, 2.05) is 0 Å². The summed E-state index contributed by atoms with van der Waals surface area (Å²) in [6.07, 6.45) is 2.55. The van der Waals surface area contributed by atoms with Gasteiger partial charge in [-0.05, 0) is 13.0 Å². The zero-order chi connectivity index (χ0) is 14.5. The first-order valence-electron chi connectivity index (χ1n) is 5.68. The van der Waals surface area contributed by atoms with Crippen LogP contribution in [0.1, 0.15) is 13.8 Å².